The van der Waals surface area contributed by atoms with Crippen LogP contribution in [-0.2, 0) is 13.1 Å². The van der Waals surface area contributed by atoms with Crippen LogP contribution in [0.4, 0.5) is 0 Å². The Kier molecular flexibility index (Phi) is 5.21. The van der Waals surface area contributed by atoms with E-state index in [0.717, 1.165) is 44.5 Å². The fraction of sp³-hybridized carbons (Fsp3) is 0.400. The second kappa shape index (κ2) is 8.15. The molecule has 0 radical (unpaired) electrons. The summed E-state index contributed by atoms with van der Waals surface area (Å²) in [7, 11) is 0. The average Bonchev–Trinajstić information content (AvgIpc) is 3.10. The Morgan fingerprint density at radius 2 is 1.70 bits per heavy atom. The van der Waals surface area contributed by atoms with Crippen LogP contribution in [0.1, 0.15) is 41.6 Å². The number of nitrogens with zero attached hydrogens (tertiary/aromatic N) is 2. The minimum Gasteiger partial charge on any atom is -0.545 e. The molecule has 1 atom stereocenters. The molecule has 0 spiro atoms. The van der Waals surface area contributed by atoms with Gasteiger partial charge in [-0.25, -0.2) is 0 Å². The molecule has 0 bridgehead atoms. The zero-order valence-corrected chi connectivity index (χ0v) is 17.1. The Morgan fingerprint density at radius 1 is 0.967 bits per heavy atom. The van der Waals surface area contributed by atoms with Crippen molar-refractivity contribution in [1.82, 2.24) is 9.47 Å². The molecule has 3 aromatic rings. The second-order valence-electron chi connectivity index (χ2n) is 8.61. The molecule has 156 valence electrons. The van der Waals surface area contributed by atoms with Crippen LogP contribution < -0.4 is 9.84 Å². The highest BCUT2D eigenvalue weighted by molar-refractivity contribution is 6.05. The van der Waals surface area contributed by atoms with Crippen LogP contribution >= 0.6 is 0 Å². The third-order valence-corrected chi connectivity index (χ3v) is 6.63. The Hall–Kier alpha value is -2.79. The maximum absolute atomic E-state index is 11.8. The zero-order chi connectivity index (χ0) is 20.5. The number of fused-ring (bicyclic) bond motifs is 3. The van der Waals surface area contributed by atoms with Gasteiger partial charge in [0.2, 0.25) is 5.88 Å². The third-order valence-electron chi connectivity index (χ3n) is 6.63. The molecule has 1 unspecified atom stereocenters. The van der Waals surface area contributed by atoms with E-state index in [2.05, 4.69) is 35.2 Å². The lowest BCUT2D eigenvalue weighted by molar-refractivity contribution is -0.255. The van der Waals surface area contributed by atoms with Crippen molar-refractivity contribution in [2.75, 3.05) is 13.1 Å². The molecule has 1 saturated heterocycles. The van der Waals surface area contributed by atoms with Crippen molar-refractivity contribution in [3.05, 3.63) is 65.7 Å². The van der Waals surface area contributed by atoms with E-state index in [1.807, 2.05) is 28.8 Å². The number of hydrogen-bond acceptors (Lipinski definition) is 4. The standard InChI is InChI=1S/C25H28N2O3/c28-25(29)23-21-8-4-5-9-22(21)27-15-12-20(30-24(23)27)16-18-10-13-26(14-11-18)17-19-6-2-1-3-7-19/h1-9,18,20H,10-17H2,(H,28,29)/p-1. The van der Waals surface area contributed by atoms with Gasteiger partial charge in [-0.1, -0.05) is 48.5 Å². The lowest BCUT2D eigenvalue weighted by atomic mass is 9.89. The summed E-state index contributed by atoms with van der Waals surface area (Å²) < 4.78 is 8.26. The summed E-state index contributed by atoms with van der Waals surface area (Å²) in [6.07, 6.45) is 4.33. The van der Waals surface area contributed by atoms with E-state index in [1.54, 1.807) is 0 Å². The minimum absolute atomic E-state index is 0.0746. The smallest absolute Gasteiger partial charge is 0.204 e. The molecule has 1 aromatic heterocycles. The van der Waals surface area contributed by atoms with Gasteiger partial charge in [0.25, 0.3) is 0 Å². The van der Waals surface area contributed by atoms with Crippen molar-refractivity contribution in [2.24, 2.45) is 5.92 Å². The molecule has 0 N–H and O–H groups in total. The van der Waals surface area contributed by atoms with Crippen LogP contribution in [0.25, 0.3) is 10.9 Å². The first kappa shape index (κ1) is 19.2. The number of likely N-dealkylation sites (tertiary alicyclic amines) is 1. The Balaban J connectivity index is 1.23. The van der Waals surface area contributed by atoms with Gasteiger partial charge in [0, 0.05) is 24.9 Å². The largest absolute Gasteiger partial charge is 0.545 e. The number of carbonyl (C=O) groups excluding carboxylic acids is 1. The quantitative estimate of drug-likeness (QED) is 0.655. The molecular formula is C25H27N2O3-. The number of hydrogen-bond donors (Lipinski definition) is 0. The van der Waals surface area contributed by atoms with Gasteiger partial charge in [-0.05, 0) is 49.9 Å². The Bertz CT molecular complexity index is 1040. The summed E-state index contributed by atoms with van der Waals surface area (Å²) in [5.74, 6) is -0.0480. The number of aryl methyl sites for hydroxylation is 1. The van der Waals surface area contributed by atoms with Crippen molar-refractivity contribution in [3.8, 4) is 5.88 Å². The van der Waals surface area contributed by atoms with Crippen LogP contribution in [0.3, 0.4) is 0 Å². The highest BCUT2D eigenvalue weighted by Gasteiger charge is 2.29. The monoisotopic (exact) mass is 403 g/mol. The molecule has 0 amide bonds. The van der Waals surface area contributed by atoms with Crippen molar-refractivity contribution < 1.29 is 14.6 Å². The molecule has 1 fully saturated rings. The van der Waals surface area contributed by atoms with E-state index in [9.17, 15) is 9.90 Å². The first-order valence-corrected chi connectivity index (χ1v) is 10.9. The van der Waals surface area contributed by atoms with Gasteiger partial charge in [-0.2, -0.15) is 0 Å². The summed E-state index contributed by atoms with van der Waals surface area (Å²) in [5.41, 5.74) is 2.49. The van der Waals surface area contributed by atoms with Gasteiger partial charge in [0.1, 0.15) is 6.10 Å². The van der Waals surface area contributed by atoms with Crippen LogP contribution in [0, 0.1) is 5.92 Å². The van der Waals surface area contributed by atoms with Crippen molar-refractivity contribution >= 4 is 16.9 Å². The van der Waals surface area contributed by atoms with E-state index >= 15 is 0 Å². The Morgan fingerprint density at radius 3 is 2.47 bits per heavy atom. The molecule has 5 nitrogen and oxygen atoms in total. The molecular weight excluding hydrogens is 376 g/mol. The molecule has 30 heavy (non-hydrogen) atoms. The maximum atomic E-state index is 11.8. The van der Waals surface area contributed by atoms with Gasteiger partial charge in [0.15, 0.2) is 0 Å². The van der Waals surface area contributed by atoms with E-state index in [-0.39, 0.29) is 11.7 Å². The van der Waals surface area contributed by atoms with Crippen LogP contribution in [0.15, 0.2) is 54.6 Å². The van der Waals surface area contributed by atoms with Gasteiger partial charge < -0.3 is 19.2 Å². The molecule has 0 saturated carbocycles. The van der Waals surface area contributed by atoms with Crippen LogP contribution in [-0.4, -0.2) is 34.6 Å². The number of rotatable bonds is 5. The van der Waals surface area contributed by atoms with E-state index in [1.165, 1.54) is 18.4 Å². The predicted octanol–water partition coefficient (Wildman–Crippen LogP) is 3.46. The van der Waals surface area contributed by atoms with Gasteiger partial charge in [-0.15, -0.1) is 0 Å². The fourth-order valence-electron chi connectivity index (χ4n) is 5.07. The second-order valence-corrected chi connectivity index (χ2v) is 8.61. The number of aromatic nitrogens is 1. The number of carboxylic acids is 1. The number of piperidine rings is 1. The normalized spacial score (nSPS) is 20.1. The average molecular weight is 404 g/mol. The number of benzene rings is 2. The first-order chi connectivity index (χ1) is 14.7. The SMILES string of the molecule is O=C([O-])c1c2n(c3ccccc13)CCC(CC1CCN(Cc3ccccc3)CC1)O2. The van der Waals surface area contributed by atoms with Crippen LogP contribution in [0.2, 0.25) is 0 Å². The Labute approximate surface area is 176 Å². The first-order valence-electron chi connectivity index (χ1n) is 10.9. The topological polar surface area (TPSA) is 57.5 Å². The van der Waals surface area contributed by atoms with Crippen molar-refractivity contribution in [3.63, 3.8) is 0 Å². The molecule has 2 aromatic carbocycles. The summed E-state index contributed by atoms with van der Waals surface area (Å²) in [6.45, 7) is 4.02. The fourth-order valence-corrected chi connectivity index (χ4v) is 5.07. The molecule has 0 aliphatic carbocycles. The lowest BCUT2D eigenvalue weighted by Gasteiger charge is -2.35. The van der Waals surface area contributed by atoms with Gasteiger partial charge >= 0.3 is 0 Å². The van der Waals surface area contributed by atoms with E-state index < -0.39 is 5.97 Å². The van der Waals surface area contributed by atoms with E-state index in [4.69, 9.17) is 4.74 Å². The highest BCUT2D eigenvalue weighted by Crippen LogP contribution is 2.37. The maximum Gasteiger partial charge on any atom is 0.204 e. The molecule has 2 aliphatic heterocycles. The van der Waals surface area contributed by atoms with E-state index in [0.29, 0.717) is 17.2 Å². The number of ether oxygens (including phenoxy) is 1. The zero-order valence-electron chi connectivity index (χ0n) is 17.1. The number of para-hydroxylation sites is 1. The number of carbonyl (C=O) groups is 1. The number of carboxylic acid groups (broad SMARTS) is 1. The number of aromatic carboxylic acids is 1. The summed E-state index contributed by atoms with van der Waals surface area (Å²) in [6, 6.07) is 18.2. The minimum atomic E-state index is -1.16. The molecule has 2 aliphatic rings. The third kappa shape index (κ3) is 3.70. The van der Waals surface area contributed by atoms with Crippen LogP contribution in [0.5, 0.6) is 5.88 Å². The predicted molar refractivity (Wildman–Crippen MR) is 114 cm³/mol. The van der Waals surface area contributed by atoms with Gasteiger partial charge in [0.05, 0.1) is 17.0 Å². The van der Waals surface area contributed by atoms with Crippen molar-refractivity contribution in [2.45, 2.75) is 44.9 Å². The lowest BCUT2D eigenvalue weighted by Crippen LogP contribution is -2.36. The van der Waals surface area contributed by atoms with Gasteiger partial charge in [-0.3, -0.25) is 4.90 Å². The molecule has 5 rings (SSSR count). The summed E-state index contributed by atoms with van der Waals surface area (Å²) in [4.78, 5) is 14.3. The summed E-state index contributed by atoms with van der Waals surface area (Å²) >= 11 is 0. The highest BCUT2D eigenvalue weighted by atomic mass is 16.5. The van der Waals surface area contributed by atoms with Crippen molar-refractivity contribution in [1.29, 1.82) is 0 Å². The molecule has 3 heterocycles. The molecule has 5 heteroatoms. The summed E-state index contributed by atoms with van der Waals surface area (Å²) in [5, 5.41) is 12.5.